The SMILES string of the molecule is CC1C2C=CC(C2)C1COS. The van der Waals surface area contributed by atoms with Gasteiger partial charge in [-0.3, -0.25) is 0 Å². The van der Waals surface area contributed by atoms with E-state index in [2.05, 4.69) is 32.0 Å². The summed E-state index contributed by atoms with van der Waals surface area (Å²) < 4.78 is 4.91. The van der Waals surface area contributed by atoms with Crippen LogP contribution < -0.4 is 0 Å². The van der Waals surface area contributed by atoms with Crippen LogP contribution in [0.2, 0.25) is 0 Å². The molecule has 1 nitrogen and oxygen atoms in total. The van der Waals surface area contributed by atoms with Gasteiger partial charge in [0.1, 0.15) is 0 Å². The van der Waals surface area contributed by atoms with Crippen molar-refractivity contribution in [2.24, 2.45) is 23.7 Å². The highest BCUT2D eigenvalue weighted by Crippen LogP contribution is 2.47. The van der Waals surface area contributed by atoms with Gasteiger partial charge >= 0.3 is 0 Å². The maximum atomic E-state index is 4.91. The molecule has 4 atom stereocenters. The highest BCUT2D eigenvalue weighted by Gasteiger charge is 2.41. The van der Waals surface area contributed by atoms with Gasteiger partial charge in [-0.1, -0.05) is 19.1 Å². The largest absolute Gasteiger partial charge is 0.318 e. The molecule has 0 N–H and O–H groups in total. The Morgan fingerprint density at radius 1 is 1.45 bits per heavy atom. The van der Waals surface area contributed by atoms with E-state index >= 15 is 0 Å². The van der Waals surface area contributed by atoms with E-state index < -0.39 is 0 Å². The van der Waals surface area contributed by atoms with Gasteiger partial charge in [0, 0.05) is 0 Å². The molecule has 2 bridgehead atoms. The molecule has 0 aromatic rings. The Bertz CT molecular complexity index is 178. The third kappa shape index (κ3) is 1.13. The van der Waals surface area contributed by atoms with Crippen LogP contribution >= 0.6 is 12.9 Å². The summed E-state index contributed by atoms with van der Waals surface area (Å²) in [6, 6.07) is 0. The van der Waals surface area contributed by atoms with Gasteiger partial charge in [-0.15, -0.1) is 0 Å². The number of thiol groups is 1. The molecule has 0 spiro atoms. The molecule has 0 aromatic carbocycles. The van der Waals surface area contributed by atoms with Crippen molar-refractivity contribution < 1.29 is 4.18 Å². The normalized spacial score (nSPS) is 47.1. The molecule has 0 aromatic heterocycles. The summed E-state index contributed by atoms with van der Waals surface area (Å²) in [4.78, 5) is 0. The van der Waals surface area contributed by atoms with Crippen LogP contribution in [0.5, 0.6) is 0 Å². The predicted molar refractivity (Wildman–Crippen MR) is 48.3 cm³/mol. The molecule has 0 heterocycles. The van der Waals surface area contributed by atoms with Crippen LogP contribution in [-0.2, 0) is 4.18 Å². The molecule has 2 aliphatic carbocycles. The van der Waals surface area contributed by atoms with Gasteiger partial charge in [0.25, 0.3) is 0 Å². The average molecular weight is 170 g/mol. The number of rotatable bonds is 2. The van der Waals surface area contributed by atoms with Crippen molar-refractivity contribution in [3.8, 4) is 0 Å². The summed E-state index contributed by atoms with van der Waals surface area (Å²) in [5.74, 6) is 3.13. The van der Waals surface area contributed by atoms with Crippen LogP contribution in [0.3, 0.4) is 0 Å². The minimum atomic E-state index is 0.725. The summed E-state index contributed by atoms with van der Waals surface area (Å²) >= 11 is 3.81. The predicted octanol–water partition coefficient (Wildman–Crippen LogP) is 2.31. The van der Waals surface area contributed by atoms with E-state index in [1.54, 1.807) is 0 Å². The topological polar surface area (TPSA) is 9.23 Å². The molecule has 2 heteroatoms. The first kappa shape index (κ1) is 7.69. The first-order valence-electron chi connectivity index (χ1n) is 4.27. The fourth-order valence-corrected chi connectivity index (χ4v) is 2.71. The van der Waals surface area contributed by atoms with E-state index in [1.807, 2.05) is 0 Å². The Morgan fingerprint density at radius 3 is 2.73 bits per heavy atom. The lowest BCUT2D eigenvalue weighted by Gasteiger charge is -2.23. The van der Waals surface area contributed by atoms with Crippen molar-refractivity contribution >= 4 is 12.9 Å². The van der Waals surface area contributed by atoms with Gasteiger partial charge in [0.05, 0.1) is 6.61 Å². The van der Waals surface area contributed by atoms with Crippen molar-refractivity contribution in [2.45, 2.75) is 13.3 Å². The van der Waals surface area contributed by atoms with Crippen molar-refractivity contribution in [3.05, 3.63) is 12.2 Å². The Balaban J connectivity index is 2.06. The van der Waals surface area contributed by atoms with Gasteiger partial charge in [0.2, 0.25) is 0 Å². The molecule has 1 fully saturated rings. The van der Waals surface area contributed by atoms with E-state index in [9.17, 15) is 0 Å². The van der Waals surface area contributed by atoms with Gasteiger partial charge in [0.15, 0.2) is 0 Å². The zero-order chi connectivity index (χ0) is 7.84. The lowest BCUT2D eigenvalue weighted by molar-refractivity contribution is 0.217. The van der Waals surface area contributed by atoms with Crippen molar-refractivity contribution in [1.82, 2.24) is 0 Å². The third-order valence-electron chi connectivity index (χ3n) is 3.32. The summed E-state index contributed by atoms with van der Waals surface area (Å²) in [6.07, 6.45) is 6.06. The molecule has 2 rings (SSSR count). The molecule has 1 saturated carbocycles. The van der Waals surface area contributed by atoms with Gasteiger partial charge in [-0.05, 0) is 43.0 Å². The molecule has 0 aliphatic heterocycles. The minimum absolute atomic E-state index is 0.725. The van der Waals surface area contributed by atoms with Crippen LogP contribution in [0, 0.1) is 23.7 Å². The summed E-state index contributed by atoms with van der Waals surface area (Å²) in [5.41, 5.74) is 0. The van der Waals surface area contributed by atoms with Crippen molar-refractivity contribution in [3.63, 3.8) is 0 Å². The second-order valence-electron chi connectivity index (χ2n) is 3.77. The first-order chi connectivity index (χ1) is 5.33. The highest BCUT2D eigenvalue weighted by molar-refractivity contribution is 7.75. The third-order valence-corrected chi connectivity index (χ3v) is 3.47. The molecule has 0 radical (unpaired) electrons. The van der Waals surface area contributed by atoms with E-state index in [4.69, 9.17) is 4.18 Å². The first-order valence-corrected chi connectivity index (χ1v) is 4.64. The molecular formula is C9H14OS. The van der Waals surface area contributed by atoms with Crippen LogP contribution in [0.1, 0.15) is 13.3 Å². The number of hydrogen-bond donors (Lipinski definition) is 1. The second kappa shape index (κ2) is 2.83. The molecule has 4 unspecified atom stereocenters. The summed E-state index contributed by atoms with van der Waals surface area (Å²) in [5, 5.41) is 0. The number of fused-ring (bicyclic) bond motifs is 2. The Morgan fingerprint density at radius 2 is 2.18 bits per heavy atom. The monoisotopic (exact) mass is 170 g/mol. The van der Waals surface area contributed by atoms with E-state index in [-0.39, 0.29) is 0 Å². The fourth-order valence-electron chi connectivity index (χ4n) is 2.53. The average Bonchev–Trinajstić information content (AvgIpc) is 2.54. The Kier molecular flexibility index (Phi) is 1.98. The number of hydrogen-bond acceptors (Lipinski definition) is 2. The number of allylic oxidation sites excluding steroid dienone is 2. The van der Waals surface area contributed by atoms with E-state index in [0.717, 1.165) is 30.3 Å². The molecule has 0 amide bonds. The smallest absolute Gasteiger partial charge is 0.0647 e. The standard InChI is InChI=1S/C9H14OS/c1-6-7-2-3-8(4-7)9(6)5-10-11/h2-3,6-9,11H,4-5H2,1H3. The Labute approximate surface area is 73.4 Å². The zero-order valence-electron chi connectivity index (χ0n) is 6.73. The highest BCUT2D eigenvalue weighted by atomic mass is 32.1. The second-order valence-corrected chi connectivity index (χ2v) is 4.03. The van der Waals surface area contributed by atoms with E-state index in [0.29, 0.717) is 0 Å². The maximum absolute atomic E-state index is 4.91. The van der Waals surface area contributed by atoms with Gasteiger partial charge in [-0.2, -0.15) is 0 Å². The quantitative estimate of drug-likeness (QED) is 0.380. The molecule has 0 saturated heterocycles. The van der Waals surface area contributed by atoms with Crippen molar-refractivity contribution in [2.75, 3.05) is 6.61 Å². The zero-order valence-corrected chi connectivity index (χ0v) is 7.63. The minimum Gasteiger partial charge on any atom is -0.318 e. The van der Waals surface area contributed by atoms with Crippen LogP contribution in [0.4, 0.5) is 0 Å². The lowest BCUT2D eigenvalue weighted by Crippen LogP contribution is -2.20. The van der Waals surface area contributed by atoms with E-state index in [1.165, 1.54) is 6.42 Å². The van der Waals surface area contributed by atoms with Crippen LogP contribution in [0.15, 0.2) is 12.2 Å². The molecule has 11 heavy (non-hydrogen) atoms. The van der Waals surface area contributed by atoms with Crippen molar-refractivity contribution in [1.29, 1.82) is 0 Å². The lowest BCUT2D eigenvalue weighted by atomic mass is 9.85. The Hall–Kier alpha value is 0.0500. The maximum Gasteiger partial charge on any atom is 0.0647 e. The van der Waals surface area contributed by atoms with Gasteiger partial charge < -0.3 is 4.18 Å². The molecule has 2 aliphatic rings. The van der Waals surface area contributed by atoms with Crippen LogP contribution in [0.25, 0.3) is 0 Å². The summed E-state index contributed by atoms with van der Waals surface area (Å²) in [6.45, 7) is 3.14. The summed E-state index contributed by atoms with van der Waals surface area (Å²) in [7, 11) is 0. The van der Waals surface area contributed by atoms with Gasteiger partial charge in [-0.25, -0.2) is 0 Å². The van der Waals surface area contributed by atoms with Crippen LogP contribution in [-0.4, -0.2) is 6.61 Å². The molecule has 62 valence electrons. The molecular weight excluding hydrogens is 156 g/mol. The fraction of sp³-hybridized carbons (Fsp3) is 0.778.